The summed E-state index contributed by atoms with van der Waals surface area (Å²) in [6.07, 6.45) is 0. The number of ether oxygens (including phenoxy) is 1. The van der Waals surface area contributed by atoms with Gasteiger partial charge in [0.25, 0.3) is 0 Å². The van der Waals surface area contributed by atoms with Gasteiger partial charge >= 0.3 is 0 Å². The maximum Gasteiger partial charge on any atom is 0.176 e. The van der Waals surface area contributed by atoms with Gasteiger partial charge in [-0.25, -0.2) is 0 Å². The van der Waals surface area contributed by atoms with Gasteiger partial charge in [-0.3, -0.25) is 0 Å². The molecule has 2 aromatic rings. The van der Waals surface area contributed by atoms with E-state index in [4.69, 9.17) is 9.15 Å². The molecule has 2 rings (SSSR count). The van der Waals surface area contributed by atoms with Crippen molar-refractivity contribution in [2.45, 2.75) is 47.1 Å². The van der Waals surface area contributed by atoms with Gasteiger partial charge in [0.05, 0.1) is 13.7 Å². The van der Waals surface area contributed by atoms with Gasteiger partial charge < -0.3 is 14.5 Å². The molecule has 0 unspecified atom stereocenters. The molecule has 3 heteroatoms. The van der Waals surface area contributed by atoms with E-state index >= 15 is 0 Å². The number of furan rings is 1. The van der Waals surface area contributed by atoms with Crippen LogP contribution >= 0.6 is 0 Å². The van der Waals surface area contributed by atoms with E-state index in [1.807, 2.05) is 6.07 Å². The Labute approximate surface area is 127 Å². The van der Waals surface area contributed by atoms with Crippen LogP contribution in [-0.2, 0) is 6.54 Å². The number of benzene rings is 1. The van der Waals surface area contributed by atoms with E-state index in [0.29, 0.717) is 11.8 Å². The third-order valence-electron chi connectivity index (χ3n) is 3.65. The highest BCUT2D eigenvalue weighted by atomic mass is 16.5. The SMILES string of the molecule is COc1cc(C)cc2c(C(C)C)c(CNCC(C)C)oc12. The predicted molar refractivity (Wildman–Crippen MR) is 88.1 cm³/mol. The van der Waals surface area contributed by atoms with Gasteiger partial charge in [-0.15, -0.1) is 0 Å². The zero-order valence-electron chi connectivity index (χ0n) is 14.0. The van der Waals surface area contributed by atoms with Gasteiger partial charge in [-0.2, -0.15) is 0 Å². The molecule has 1 N–H and O–H groups in total. The smallest absolute Gasteiger partial charge is 0.176 e. The van der Waals surface area contributed by atoms with E-state index in [9.17, 15) is 0 Å². The molecule has 0 spiro atoms. The van der Waals surface area contributed by atoms with E-state index in [-0.39, 0.29) is 0 Å². The van der Waals surface area contributed by atoms with Crippen molar-refractivity contribution in [2.75, 3.05) is 13.7 Å². The highest BCUT2D eigenvalue weighted by Crippen LogP contribution is 2.37. The lowest BCUT2D eigenvalue weighted by molar-refractivity contribution is 0.404. The summed E-state index contributed by atoms with van der Waals surface area (Å²) >= 11 is 0. The third kappa shape index (κ3) is 3.41. The summed E-state index contributed by atoms with van der Waals surface area (Å²) in [5, 5.41) is 4.66. The topological polar surface area (TPSA) is 34.4 Å². The molecule has 0 aliphatic rings. The summed E-state index contributed by atoms with van der Waals surface area (Å²) in [5.74, 6) is 2.91. The van der Waals surface area contributed by atoms with Crippen LogP contribution in [0.4, 0.5) is 0 Å². The Balaban J connectivity index is 2.47. The van der Waals surface area contributed by atoms with Crippen LogP contribution in [0, 0.1) is 12.8 Å². The van der Waals surface area contributed by atoms with Crippen LogP contribution in [0.5, 0.6) is 5.75 Å². The Kier molecular flexibility index (Phi) is 4.94. The lowest BCUT2D eigenvalue weighted by atomic mass is 9.98. The Bertz CT molecular complexity index is 611. The Morgan fingerprint density at radius 1 is 1.19 bits per heavy atom. The van der Waals surface area contributed by atoms with Crippen molar-refractivity contribution in [1.82, 2.24) is 5.32 Å². The number of fused-ring (bicyclic) bond motifs is 1. The van der Waals surface area contributed by atoms with Gasteiger partial charge in [0.2, 0.25) is 0 Å². The summed E-state index contributed by atoms with van der Waals surface area (Å²) in [5.41, 5.74) is 3.36. The fourth-order valence-corrected chi connectivity index (χ4v) is 2.76. The van der Waals surface area contributed by atoms with Gasteiger partial charge in [-0.05, 0) is 43.0 Å². The monoisotopic (exact) mass is 289 g/mol. The molecule has 0 atom stereocenters. The van der Waals surface area contributed by atoms with Crippen molar-refractivity contribution >= 4 is 11.0 Å². The maximum atomic E-state index is 6.13. The van der Waals surface area contributed by atoms with Crippen molar-refractivity contribution in [1.29, 1.82) is 0 Å². The zero-order chi connectivity index (χ0) is 15.6. The summed E-state index contributed by atoms with van der Waals surface area (Å²) in [6, 6.07) is 4.23. The molecule has 0 radical (unpaired) electrons. The van der Waals surface area contributed by atoms with E-state index in [1.165, 1.54) is 16.5 Å². The average molecular weight is 289 g/mol. The summed E-state index contributed by atoms with van der Waals surface area (Å²) in [7, 11) is 1.70. The van der Waals surface area contributed by atoms with Crippen LogP contribution in [0.3, 0.4) is 0 Å². The van der Waals surface area contributed by atoms with Crippen LogP contribution in [0.1, 0.15) is 50.5 Å². The molecular weight excluding hydrogens is 262 g/mol. The molecule has 0 amide bonds. The molecule has 0 saturated heterocycles. The van der Waals surface area contributed by atoms with Crippen molar-refractivity contribution in [3.05, 3.63) is 29.0 Å². The minimum Gasteiger partial charge on any atom is -0.493 e. The molecule has 21 heavy (non-hydrogen) atoms. The molecule has 1 aromatic carbocycles. The van der Waals surface area contributed by atoms with Crippen molar-refractivity contribution < 1.29 is 9.15 Å². The highest BCUT2D eigenvalue weighted by Gasteiger charge is 2.19. The van der Waals surface area contributed by atoms with Gasteiger partial charge in [0.15, 0.2) is 11.3 Å². The second-order valence-corrected chi connectivity index (χ2v) is 6.46. The van der Waals surface area contributed by atoms with Crippen LogP contribution in [-0.4, -0.2) is 13.7 Å². The summed E-state index contributed by atoms with van der Waals surface area (Å²) < 4.78 is 11.6. The Morgan fingerprint density at radius 3 is 2.48 bits per heavy atom. The molecule has 0 aliphatic carbocycles. The van der Waals surface area contributed by atoms with Gasteiger partial charge in [0, 0.05) is 10.9 Å². The highest BCUT2D eigenvalue weighted by molar-refractivity contribution is 5.88. The van der Waals surface area contributed by atoms with E-state index < -0.39 is 0 Å². The van der Waals surface area contributed by atoms with Crippen molar-refractivity contribution in [3.63, 3.8) is 0 Å². The van der Waals surface area contributed by atoms with Crippen LogP contribution in [0.25, 0.3) is 11.0 Å². The molecule has 1 heterocycles. The van der Waals surface area contributed by atoms with Gasteiger partial charge in [0.1, 0.15) is 5.76 Å². The maximum absolute atomic E-state index is 6.13. The van der Waals surface area contributed by atoms with Crippen LogP contribution in [0.15, 0.2) is 16.5 Å². The average Bonchev–Trinajstić information content (AvgIpc) is 2.75. The third-order valence-corrected chi connectivity index (χ3v) is 3.65. The predicted octanol–water partition coefficient (Wildman–Crippen LogP) is 4.62. The first-order valence-electron chi connectivity index (χ1n) is 7.74. The molecule has 0 fully saturated rings. The Hall–Kier alpha value is -1.48. The van der Waals surface area contributed by atoms with E-state index in [2.05, 4.69) is 46.0 Å². The normalized spacial score (nSPS) is 11.8. The quantitative estimate of drug-likeness (QED) is 0.842. The molecule has 0 bridgehead atoms. The molecule has 3 nitrogen and oxygen atoms in total. The standard InChI is InChI=1S/C18H27NO2/c1-11(2)9-19-10-16-17(12(3)4)14-7-13(5)8-15(20-6)18(14)21-16/h7-8,11-12,19H,9-10H2,1-6H3. The lowest BCUT2D eigenvalue weighted by Crippen LogP contribution is -2.19. The number of methoxy groups -OCH3 is 1. The fraction of sp³-hybridized carbons (Fsp3) is 0.556. The second-order valence-electron chi connectivity index (χ2n) is 6.46. The first-order chi connectivity index (χ1) is 9.93. The number of hydrogen-bond acceptors (Lipinski definition) is 3. The number of nitrogens with one attached hydrogen (secondary N) is 1. The number of hydrogen-bond donors (Lipinski definition) is 1. The number of rotatable bonds is 6. The molecule has 116 valence electrons. The minimum atomic E-state index is 0.425. The molecule has 0 saturated carbocycles. The largest absolute Gasteiger partial charge is 0.493 e. The summed E-state index contributed by atoms with van der Waals surface area (Å²) in [4.78, 5) is 0. The first-order valence-corrected chi connectivity index (χ1v) is 7.74. The van der Waals surface area contributed by atoms with Crippen LogP contribution < -0.4 is 10.1 Å². The van der Waals surface area contributed by atoms with Gasteiger partial charge in [-0.1, -0.05) is 27.7 Å². The van der Waals surface area contributed by atoms with Crippen molar-refractivity contribution in [3.8, 4) is 5.75 Å². The van der Waals surface area contributed by atoms with Crippen LogP contribution in [0.2, 0.25) is 0 Å². The first kappa shape index (κ1) is 15.9. The lowest BCUT2D eigenvalue weighted by Gasteiger charge is -2.09. The molecular formula is C18H27NO2. The van der Waals surface area contributed by atoms with Crippen molar-refractivity contribution in [2.24, 2.45) is 5.92 Å². The second kappa shape index (κ2) is 6.52. The minimum absolute atomic E-state index is 0.425. The molecule has 1 aromatic heterocycles. The zero-order valence-corrected chi connectivity index (χ0v) is 14.0. The number of aryl methyl sites for hydroxylation is 1. The fourth-order valence-electron chi connectivity index (χ4n) is 2.76. The Morgan fingerprint density at radius 2 is 1.90 bits per heavy atom. The molecule has 0 aliphatic heterocycles. The van der Waals surface area contributed by atoms with E-state index in [0.717, 1.165) is 30.2 Å². The summed E-state index contributed by atoms with van der Waals surface area (Å²) in [6.45, 7) is 12.7. The van der Waals surface area contributed by atoms with E-state index in [1.54, 1.807) is 7.11 Å².